The summed E-state index contributed by atoms with van der Waals surface area (Å²) in [7, 11) is 0. The van der Waals surface area contributed by atoms with Gasteiger partial charge in [-0.05, 0) is 28.5 Å². The van der Waals surface area contributed by atoms with E-state index in [0.29, 0.717) is 17.0 Å². The molecule has 1 aliphatic rings. The van der Waals surface area contributed by atoms with Crippen molar-refractivity contribution in [2.24, 2.45) is 5.10 Å². The third-order valence-electron chi connectivity index (χ3n) is 4.22. The van der Waals surface area contributed by atoms with Gasteiger partial charge < -0.3 is 5.11 Å². The van der Waals surface area contributed by atoms with Crippen LogP contribution in [0.4, 0.5) is 5.69 Å². The number of nitro benzene ring substituents is 1. The molecule has 0 saturated heterocycles. The Hall–Kier alpha value is -3.04. The molecule has 0 spiro atoms. The van der Waals surface area contributed by atoms with Crippen LogP contribution in [0.15, 0.2) is 58.3 Å². The summed E-state index contributed by atoms with van der Waals surface area (Å²) in [6.07, 6.45) is 0.327. The molecule has 1 aromatic carbocycles. The lowest BCUT2D eigenvalue weighted by Gasteiger charge is -2.25. The highest BCUT2D eigenvalue weighted by molar-refractivity contribution is 7.12. The first-order valence-electron chi connectivity index (χ1n) is 7.98. The molecule has 0 bridgehead atoms. The maximum atomic E-state index is 12.9. The molecule has 9 heteroatoms. The quantitative estimate of drug-likeness (QED) is 0.493. The molecule has 0 aliphatic carbocycles. The minimum Gasteiger partial charge on any atom is -0.872 e. The van der Waals surface area contributed by atoms with E-state index < -0.39 is 11.0 Å². The molecule has 7 nitrogen and oxygen atoms in total. The third kappa shape index (κ3) is 3.22. The summed E-state index contributed by atoms with van der Waals surface area (Å²) in [5.74, 6) is -0.676. The molecule has 27 heavy (non-hydrogen) atoms. The number of rotatable bonds is 4. The molecule has 3 aromatic rings. The highest BCUT2D eigenvalue weighted by atomic mass is 32.1. The van der Waals surface area contributed by atoms with E-state index in [9.17, 15) is 20.0 Å². The molecule has 0 saturated carbocycles. The second-order valence-electron chi connectivity index (χ2n) is 5.85. The summed E-state index contributed by atoms with van der Waals surface area (Å²) >= 11 is 2.77. The molecule has 2 aromatic heterocycles. The first-order chi connectivity index (χ1) is 13.0. The Kier molecular flexibility index (Phi) is 4.46. The largest absolute Gasteiger partial charge is 0.872 e. The number of hydrazone groups is 1. The van der Waals surface area contributed by atoms with Crippen LogP contribution in [0, 0.1) is 10.1 Å². The fraction of sp³-hybridized carbons (Fsp3) is 0.111. The number of non-ortho nitro benzene ring substituents is 1. The zero-order chi connectivity index (χ0) is 19.0. The Morgan fingerprint density at radius 3 is 2.63 bits per heavy atom. The number of amides is 1. The van der Waals surface area contributed by atoms with E-state index >= 15 is 0 Å². The molecule has 0 N–H and O–H groups in total. The van der Waals surface area contributed by atoms with Gasteiger partial charge in [-0.2, -0.15) is 5.10 Å². The number of hydrogen-bond acceptors (Lipinski definition) is 7. The predicted molar refractivity (Wildman–Crippen MR) is 101 cm³/mol. The summed E-state index contributed by atoms with van der Waals surface area (Å²) in [6, 6.07) is 10.1. The van der Waals surface area contributed by atoms with Gasteiger partial charge in [-0.3, -0.25) is 14.9 Å². The molecule has 0 radical (unpaired) electrons. The Morgan fingerprint density at radius 2 is 1.96 bits per heavy atom. The number of nitro groups is 1. The van der Waals surface area contributed by atoms with Crippen LogP contribution in [0.3, 0.4) is 0 Å². The van der Waals surface area contributed by atoms with Crippen molar-refractivity contribution in [3.8, 4) is 5.75 Å². The van der Waals surface area contributed by atoms with Crippen molar-refractivity contribution >= 4 is 40.0 Å². The molecule has 136 valence electrons. The Morgan fingerprint density at radius 1 is 1.19 bits per heavy atom. The van der Waals surface area contributed by atoms with Gasteiger partial charge in [-0.25, -0.2) is 5.01 Å². The molecular formula is C18H12N3O4S2-. The van der Waals surface area contributed by atoms with E-state index in [2.05, 4.69) is 5.10 Å². The minimum absolute atomic E-state index is 0.183. The Bertz CT molecular complexity index is 1030. The van der Waals surface area contributed by atoms with Crippen molar-refractivity contribution < 1.29 is 14.8 Å². The van der Waals surface area contributed by atoms with Gasteiger partial charge in [0.05, 0.1) is 26.4 Å². The normalized spacial score (nSPS) is 16.4. The number of nitrogens with zero attached hydrogens (tertiary/aromatic N) is 3. The monoisotopic (exact) mass is 398 g/mol. The van der Waals surface area contributed by atoms with E-state index in [1.165, 1.54) is 45.9 Å². The molecule has 0 fully saturated rings. The van der Waals surface area contributed by atoms with Crippen LogP contribution in [0.2, 0.25) is 0 Å². The van der Waals surface area contributed by atoms with Crippen LogP contribution in [-0.2, 0) is 0 Å². The summed E-state index contributed by atoms with van der Waals surface area (Å²) < 4.78 is 0. The summed E-state index contributed by atoms with van der Waals surface area (Å²) in [6.45, 7) is 0. The zero-order valence-corrected chi connectivity index (χ0v) is 15.4. The second kappa shape index (κ2) is 6.93. The molecule has 1 aliphatic heterocycles. The average molecular weight is 398 g/mol. The van der Waals surface area contributed by atoms with Gasteiger partial charge in [0.2, 0.25) is 0 Å². The molecular weight excluding hydrogens is 386 g/mol. The van der Waals surface area contributed by atoms with Gasteiger partial charge in [0, 0.05) is 18.6 Å². The van der Waals surface area contributed by atoms with Crippen molar-refractivity contribution in [3.63, 3.8) is 0 Å². The van der Waals surface area contributed by atoms with E-state index in [1.807, 2.05) is 17.5 Å². The van der Waals surface area contributed by atoms with Crippen molar-refractivity contribution in [3.05, 3.63) is 78.7 Å². The number of carbonyl (C=O) groups excluding carboxylic acids is 1. The smallest absolute Gasteiger partial charge is 0.284 e. The Labute approximate surface area is 162 Å². The maximum Gasteiger partial charge on any atom is 0.284 e. The van der Waals surface area contributed by atoms with Crippen LogP contribution in [0.25, 0.3) is 0 Å². The molecule has 0 unspecified atom stereocenters. The molecule has 1 amide bonds. The third-order valence-corrected chi connectivity index (χ3v) is 6.00. The van der Waals surface area contributed by atoms with Crippen molar-refractivity contribution in [2.75, 3.05) is 0 Å². The number of thiophene rings is 2. The first kappa shape index (κ1) is 17.4. The van der Waals surface area contributed by atoms with Gasteiger partial charge in [0.25, 0.3) is 11.6 Å². The van der Waals surface area contributed by atoms with Crippen LogP contribution >= 0.6 is 22.7 Å². The van der Waals surface area contributed by atoms with Crippen LogP contribution in [0.1, 0.15) is 32.6 Å². The fourth-order valence-corrected chi connectivity index (χ4v) is 4.33. The average Bonchev–Trinajstić information content (AvgIpc) is 3.41. The fourth-order valence-electron chi connectivity index (χ4n) is 2.95. The Balaban J connectivity index is 1.78. The topological polar surface area (TPSA) is 98.9 Å². The first-order valence-corrected chi connectivity index (χ1v) is 9.74. The van der Waals surface area contributed by atoms with Gasteiger partial charge in [0.15, 0.2) is 0 Å². The SMILES string of the molecule is O=C(c1cccs1)N1N=C(c2cccs2)C[C@H]1c1cc([N+](=O)[O-])ccc1[O-]. The van der Waals surface area contributed by atoms with E-state index in [1.54, 1.807) is 17.5 Å². The summed E-state index contributed by atoms with van der Waals surface area (Å²) in [4.78, 5) is 24.9. The molecule has 4 rings (SSSR count). The van der Waals surface area contributed by atoms with Crippen LogP contribution in [-0.4, -0.2) is 21.6 Å². The zero-order valence-electron chi connectivity index (χ0n) is 13.8. The highest BCUT2D eigenvalue weighted by Crippen LogP contribution is 2.39. The standard InChI is InChI=1S/C18H13N3O4S2/c22-15-6-5-11(21(24)25)9-12(15)14-10-13(16-3-1-7-26-16)19-20(14)18(23)17-4-2-8-27-17/h1-9,14,22H,10H2/p-1/t14-/m0/s1. The van der Waals surface area contributed by atoms with Gasteiger partial charge in [-0.15, -0.1) is 28.4 Å². The van der Waals surface area contributed by atoms with E-state index in [-0.39, 0.29) is 22.9 Å². The van der Waals surface area contributed by atoms with Crippen molar-refractivity contribution in [2.45, 2.75) is 12.5 Å². The van der Waals surface area contributed by atoms with E-state index in [0.717, 1.165) is 4.88 Å². The van der Waals surface area contributed by atoms with E-state index in [4.69, 9.17) is 0 Å². The summed E-state index contributed by atoms with van der Waals surface area (Å²) in [5, 5.41) is 33.0. The second-order valence-corrected chi connectivity index (χ2v) is 7.75. The number of benzene rings is 1. The minimum atomic E-state index is -0.677. The van der Waals surface area contributed by atoms with Gasteiger partial charge >= 0.3 is 0 Å². The predicted octanol–water partition coefficient (Wildman–Crippen LogP) is 3.78. The van der Waals surface area contributed by atoms with Gasteiger partial charge in [-0.1, -0.05) is 18.2 Å². The summed E-state index contributed by atoms with van der Waals surface area (Å²) in [5.41, 5.74) is 0.702. The van der Waals surface area contributed by atoms with Crippen molar-refractivity contribution in [1.82, 2.24) is 5.01 Å². The van der Waals surface area contributed by atoms with Gasteiger partial charge in [0.1, 0.15) is 0 Å². The lowest BCUT2D eigenvalue weighted by molar-refractivity contribution is -0.385. The number of carbonyl (C=O) groups is 1. The number of hydrogen-bond donors (Lipinski definition) is 0. The molecule has 1 atom stereocenters. The maximum absolute atomic E-state index is 12.9. The highest BCUT2D eigenvalue weighted by Gasteiger charge is 2.35. The van der Waals surface area contributed by atoms with Crippen LogP contribution < -0.4 is 5.11 Å². The molecule has 3 heterocycles. The van der Waals surface area contributed by atoms with Crippen molar-refractivity contribution in [1.29, 1.82) is 0 Å². The van der Waals surface area contributed by atoms with Crippen LogP contribution in [0.5, 0.6) is 5.75 Å². The lowest BCUT2D eigenvalue weighted by Crippen LogP contribution is -2.27. The lowest BCUT2D eigenvalue weighted by atomic mass is 9.99.